The van der Waals surface area contributed by atoms with E-state index in [9.17, 15) is 24.3 Å². The summed E-state index contributed by atoms with van der Waals surface area (Å²) in [6, 6.07) is 4.64. The average molecular weight is 600 g/mol. The average Bonchev–Trinajstić information content (AvgIpc) is 2.89. The normalized spacial score (nSPS) is 17.5. The number of carboxylic acids is 1. The van der Waals surface area contributed by atoms with Gasteiger partial charge in [-0.25, -0.2) is 4.79 Å². The van der Waals surface area contributed by atoms with E-state index in [1.54, 1.807) is 0 Å². The van der Waals surface area contributed by atoms with Crippen molar-refractivity contribution in [2.24, 2.45) is 5.73 Å². The fraction of sp³-hybridized carbons (Fsp3) is 0.615. The molecule has 218 valence electrons. The number of carbonyl (C=O) groups excluding carboxylic acids is 3. The largest absolute Gasteiger partial charge is 0.480 e. The van der Waals surface area contributed by atoms with Crippen molar-refractivity contribution in [2.75, 3.05) is 30.2 Å². The standard InChI is InChI=1S/C26H41N5O5S3/c1-16(32)29-15-39-26(2,3)22(28-12-19(27)14-37)24(34)31-13-18-8-6-5-7-17(18)11-21(31)23(33)30-20(25(35)36)9-10-38-4/h5-8,19-22,28,37H,9-15,27H2,1-4H3,(H,29,32)(H,30,33)(H,35,36). The lowest BCUT2D eigenvalue weighted by Gasteiger charge is -2.42. The summed E-state index contributed by atoms with van der Waals surface area (Å²) >= 11 is 7.15. The number of rotatable bonds is 15. The molecule has 0 saturated carbocycles. The molecule has 4 atom stereocenters. The van der Waals surface area contributed by atoms with Gasteiger partial charge in [-0.15, -0.1) is 11.8 Å². The first kappa shape index (κ1) is 33.3. The molecule has 0 aliphatic carbocycles. The van der Waals surface area contributed by atoms with Gasteiger partial charge in [0.1, 0.15) is 18.1 Å². The zero-order valence-corrected chi connectivity index (χ0v) is 25.5. The number of benzene rings is 1. The maximum Gasteiger partial charge on any atom is 0.326 e. The van der Waals surface area contributed by atoms with Gasteiger partial charge < -0.3 is 31.7 Å². The molecular weight excluding hydrogens is 559 g/mol. The van der Waals surface area contributed by atoms with Crippen molar-refractivity contribution in [1.29, 1.82) is 0 Å². The molecule has 3 amide bonds. The number of hydrogen-bond donors (Lipinski definition) is 6. The second-order valence-electron chi connectivity index (χ2n) is 10.0. The predicted molar refractivity (Wildman–Crippen MR) is 161 cm³/mol. The molecule has 6 N–H and O–H groups in total. The Morgan fingerprint density at radius 1 is 1.23 bits per heavy atom. The Bertz CT molecular complexity index is 1010. The smallest absolute Gasteiger partial charge is 0.326 e. The van der Waals surface area contributed by atoms with Gasteiger partial charge in [-0.1, -0.05) is 24.3 Å². The fourth-order valence-corrected chi connectivity index (χ4v) is 5.89. The summed E-state index contributed by atoms with van der Waals surface area (Å²) in [5.41, 5.74) is 7.97. The maximum absolute atomic E-state index is 14.3. The number of fused-ring (bicyclic) bond motifs is 1. The second kappa shape index (κ2) is 15.8. The number of amides is 3. The number of aliphatic carboxylic acids is 1. The molecule has 0 saturated heterocycles. The van der Waals surface area contributed by atoms with E-state index in [1.807, 2.05) is 44.4 Å². The number of nitrogens with one attached hydrogen (secondary N) is 3. The van der Waals surface area contributed by atoms with Gasteiger partial charge in [-0.05, 0) is 43.4 Å². The molecule has 0 aromatic heterocycles. The molecule has 1 heterocycles. The molecule has 1 aromatic rings. The lowest BCUT2D eigenvalue weighted by molar-refractivity contribution is -0.146. The van der Waals surface area contributed by atoms with Crippen molar-refractivity contribution in [3.63, 3.8) is 0 Å². The first-order valence-electron chi connectivity index (χ1n) is 12.8. The van der Waals surface area contributed by atoms with E-state index in [0.717, 1.165) is 11.1 Å². The monoisotopic (exact) mass is 599 g/mol. The Hall–Kier alpha value is -1.93. The molecule has 1 aliphatic rings. The molecule has 4 unspecified atom stereocenters. The number of nitrogens with two attached hydrogens (primary N) is 1. The number of nitrogens with zero attached hydrogens (tertiary/aromatic N) is 1. The van der Waals surface area contributed by atoms with E-state index in [2.05, 4.69) is 28.6 Å². The third kappa shape index (κ3) is 9.89. The lowest BCUT2D eigenvalue weighted by atomic mass is 9.91. The van der Waals surface area contributed by atoms with Crippen LogP contribution in [0.5, 0.6) is 0 Å². The minimum Gasteiger partial charge on any atom is -0.480 e. The van der Waals surface area contributed by atoms with E-state index in [1.165, 1.54) is 35.3 Å². The number of thiol groups is 1. The Morgan fingerprint density at radius 2 is 1.90 bits per heavy atom. The second-order valence-corrected chi connectivity index (χ2v) is 13.0. The SMILES string of the molecule is CSCCC(NC(=O)C1Cc2ccccc2CN1C(=O)C(NCC(N)CS)C(C)(C)SCNC(C)=O)C(=O)O. The third-order valence-electron chi connectivity index (χ3n) is 6.59. The summed E-state index contributed by atoms with van der Waals surface area (Å²) in [7, 11) is 0. The van der Waals surface area contributed by atoms with Crippen LogP contribution >= 0.6 is 36.2 Å². The predicted octanol–water partition coefficient (Wildman–Crippen LogP) is 1.08. The summed E-state index contributed by atoms with van der Waals surface area (Å²) in [4.78, 5) is 52.6. The number of thioether (sulfide) groups is 2. The molecule has 0 spiro atoms. The third-order valence-corrected chi connectivity index (χ3v) is 8.97. The maximum atomic E-state index is 14.3. The van der Waals surface area contributed by atoms with Crippen LogP contribution in [0.25, 0.3) is 0 Å². The molecule has 39 heavy (non-hydrogen) atoms. The zero-order chi connectivity index (χ0) is 29.2. The Morgan fingerprint density at radius 3 is 2.49 bits per heavy atom. The van der Waals surface area contributed by atoms with E-state index in [0.29, 0.717) is 23.9 Å². The zero-order valence-electron chi connectivity index (χ0n) is 22.9. The van der Waals surface area contributed by atoms with Crippen molar-refractivity contribution in [3.05, 3.63) is 35.4 Å². The Kier molecular flexibility index (Phi) is 13.4. The highest BCUT2D eigenvalue weighted by Gasteiger charge is 2.43. The van der Waals surface area contributed by atoms with E-state index >= 15 is 0 Å². The minimum atomic E-state index is -1.11. The minimum absolute atomic E-state index is 0.176. The van der Waals surface area contributed by atoms with Gasteiger partial charge in [0, 0.05) is 43.0 Å². The number of carbonyl (C=O) groups is 4. The Labute approximate surface area is 244 Å². The van der Waals surface area contributed by atoms with Gasteiger partial charge in [0.15, 0.2) is 0 Å². The highest BCUT2D eigenvalue weighted by molar-refractivity contribution is 8.00. The Balaban J connectivity index is 2.41. The molecule has 1 aromatic carbocycles. The van der Waals surface area contributed by atoms with Crippen LogP contribution in [0.15, 0.2) is 24.3 Å². The van der Waals surface area contributed by atoms with Crippen LogP contribution in [-0.2, 0) is 32.1 Å². The molecule has 0 radical (unpaired) electrons. The van der Waals surface area contributed by atoms with Crippen molar-refractivity contribution in [3.8, 4) is 0 Å². The first-order valence-corrected chi connectivity index (χ1v) is 15.8. The van der Waals surface area contributed by atoms with Gasteiger partial charge in [-0.2, -0.15) is 24.4 Å². The fourth-order valence-electron chi connectivity index (χ4n) is 4.29. The van der Waals surface area contributed by atoms with E-state index in [4.69, 9.17) is 5.73 Å². The number of hydrogen-bond acceptors (Lipinski definition) is 9. The van der Waals surface area contributed by atoms with Crippen LogP contribution in [0.2, 0.25) is 0 Å². The van der Waals surface area contributed by atoms with Crippen LogP contribution in [0.4, 0.5) is 0 Å². The van der Waals surface area contributed by atoms with Gasteiger partial charge in [0.25, 0.3) is 0 Å². The van der Waals surface area contributed by atoms with Gasteiger partial charge in [-0.3, -0.25) is 14.4 Å². The van der Waals surface area contributed by atoms with Gasteiger partial charge >= 0.3 is 5.97 Å². The first-order chi connectivity index (χ1) is 18.4. The van der Waals surface area contributed by atoms with Crippen LogP contribution in [0.3, 0.4) is 0 Å². The summed E-state index contributed by atoms with van der Waals surface area (Å²) in [5.74, 6) is -0.790. The van der Waals surface area contributed by atoms with Crippen molar-refractivity contribution in [2.45, 2.75) is 69.1 Å². The van der Waals surface area contributed by atoms with Gasteiger partial charge in [0.2, 0.25) is 17.7 Å². The molecular formula is C26H41N5O5S3. The van der Waals surface area contributed by atoms with Crippen LogP contribution < -0.4 is 21.7 Å². The number of carboxylic acid groups (broad SMARTS) is 1. The van der Waals surface area contributed by atoms with Crippen LogP contribution in [-0.4, -0.2) is 92.8 Å². The lowest BCUT2D eigenvalue weighted by Crippen LogP contribution is -2.63. The topological polar surface area (TPSA) is 154 Å². The van der Waals surface area contributed by atoms with Crippen LogP contribution in [0, 0.1) is 0 Å². The molecule has 13 heteroatoms. The van der Waals surface area contributed by atoms with Crippen molar-refractivity contribution in [1.82, 2.24) is 20.9 Å². The van der Waals surface area contributed by atoms with E-state index < -0.39 is 34.7 Å². The molecule has 1 aliphatic heterocycles. The van der Waals surface area contributed by atoms with Crippen molar-refractivity contribution < 1.29 is 24.3 Å². The summed E-state index contributed by atoms with van der Waals surface area (Å²) in [5, 5.41) is 18.4. The highest BCUT2D eigenvalue weighted by Crippen LogP contribution is 2.32. The molecule has 0 bridgehead atoms. The molecule has 10 nitrogen and oxygen atoms in total. The molecule has 0 fully saturated rings. The van der Waals surface area contributed by atoms with Gasteiger partial charge in [0.05, 0.1) is 5.88 Å². The quantitative estimate of drug-likeness (QED) is 0.128. The summed E-state index contributed by atoms with van der Waals surface area (Å²) in [6.07, 6.45) is 2.42. The van der Waals surface area contributed by atoms with Crippen molar-refractivity contribution >= 4 is 59.8 Å². The highest BCUT2D eigenvalue weighted by atomic mass is 32.2. The summed E-state index contributed by atoms with van der Waals surface area (Å²) in [6.45, 7) is 5.76. The summed E-state index contributed by atoms with van der Waals surface area (Å²) < 4.78 is -0.699. The van der Waals surface area contributed by atoms with E-state index in [-0.39, 0.29) is 37.2 Å². The molecule has 2 rings (SSSR count). The van der Waals surface area contributed by atoms with Crippen LogP contribution in [0.1, 0.15) is 38.3 Å².